The number of hydrogen-bond acceptors (Lipinski definition) is 3. The highest BCUT2D eigenvalue weighted by Crippen LogP contribution is 2.33. The van der Waals surface area contributed by atoms with Crippen LogP contribution in [0.15, 0.2) is 78.9 Å². The molecule has 2 amide bonds. The van der Waals surface area contributed by atoms with E-state index in [1.165, 1.54) is 0 Å². The number of imidazole rings is 1. The van der Waals surface area contributed by atoms with Gasteiger partial charge in [-0.2, -0.15) is 0 Å². The summed E-state index contributed by atoms with van der Waals surface area (Å²) in [6.07, 6.45) is 0.716. The molecule has 0 unspecified atom stereocenters. The van der Waals surface area contributed by atoms with Gasteiger partial charge < -0.3 is 15.6 Å². The normalized spacial score (nSPS) is 16.4. The molecule has 5 rings (SSSR count). The molecule has 2 atom stereocenters. The maximum atomic E-state index is 13.4. The Bertz CT molecular complexity index is 1220. The molecule has 6 heteroatoms. The molecule has 31 heavy (non-hydrogen) atoms. The number of benzene rings is 3. The summed E-state index contributed by atoms with van der Waals surface area (Å²) >= 11 is 0. The number of nitrogens with one attached hydrogen (secondary N) is 3. The Balaban J connectivity index is 1.47. The molecule has 154 valence electrons. The van der Waals surface area contributed by atoms with E-state index >= 15 is 0 Å². The molecule has 3 aromatic carbocycles. The van der Waals surface area contributed by atoms with E-state index < -0.39 is 5.92 Å². The van der Waals surface area contributed by atoms with Gasteiger partial charge in [0, 0.05) is 12.1 Å². The van der Waals surface area contributed by atoms with Crippen LogP contribution in [0, 0.1) is 0 Å². The minimum absolute atomic E-state index is 0.126. The third kappa shape index (κ3) is 3.92. The van der Waals surface area contributed by atoms with E-state index in [0.29, 0.717) is 17.9 Å². The smallest absolute Gasteiger partial charge is 0.228 e. The molecule has 0 saturated heterocycles. The van der Waals surface area contributed by atoms with Gasteiger partial charge in [0.15, 0.2) is 0 Å². The Hall–Kier alpha value is -3.93. The highest BCUT2D eigenvalue weighted by molar-refractivity contribution is 6.01. The van der Waals surface area contributed by atoms with Crippen molar-refractivity contribution in [2.45, 2.75) is 24.8 Å². The number of amides is 2. The van der Waals surface area contributed by atoms with Crippen molar-refractivity contribution in [2.75, 3.05) is 5.32 Å². The second-order valence-electron chi connectivity index (χ2n) is 7.78. The van der Waals surface area contributed by atoms with Crippen molar-refractivity contribution in [3.05, 3.63) is 95.8 Å². The van der Waals surface area contributed by atoms with Crippen LogP contribution in [0.3, 0.4) is 0 Å². The fraction of sp³-hybridized carbons (Fsp3) is 0.160. The number of carbonyl (C=O) groups excluding carboxylic acids is 2. The lowest BCUT2D eigenvalue weighted by Gasteiger charge is -2.26. The van der Waals surface area contributed by atoms with Gasteiger partial charge in [0.05, 0.1) is 23.0 Å². The summed E-state index contributed by atoms with van der Waals surface area (Å²) in [6.45, 7) is 0. The first-order valence-corrected chi connectivity index (χ1v) is 10.3. The van der Waals surface area contributed by atoms with Crippen molar-refractivity contribution in [2.24, 2.45) is 0 Å². The van der Waals surface area contributed by atoms with Crippen molar-refractivity contribution in [1.29, 1.82) is 0 Å². The van der Waals surface area contributed by atoms with Crippen LogP contribution < -0.4 is 10.6 Å². The van der Waals surface area contributed by atoms with E-state index in [2.05, 4.69) is 15.6 Å². The summed E-state index contributed by atoms with van der Waals surface area (Å²) in [5.74, 6) is -0.162. The van der Waals surface area contributed by atoms with E-state index in [0.717, 1.165) is 22.2 Å². The highest BCUT2D eigenvalue weighted by atomic mass is 16.2. The summed E-state index contributed by atoms with van der Waals surface area (Å²) in [5.41, 5.74) is 4.40. The van der Waals surface area contributed by atoms with Crippen LogP contribution in [0.1, 0.15) is 35.3 Å². The predicted octanol–water partition coefficient (Wildman–Crippen LogP) is 4.09. The van der Waals surface area contributed by atoms with Gasteiger partial charge in [-0.15, -0.1) is 0 Å². The Labute approximate surface area is 179 Å². The first-order valence-electron chi connectivity index (χ1n) is 10.3. The van der Waals surface area contributed by atoms with Gasteiger partial charge in [0.25, 0.3) is 0 Å². The summed E-state index contributed by atoms with van der Waals surface area (Å²) < 4.78 is 0. The molecule has 4 aromatic rings. The third-order valence-electron chi connectivity index (χ3n) is 5.65. The van der Waals surface area contributed by atoms with Gasteiger partial charge >= 0.3 is 0 Å². The molecular formula is C25H22N4O2. The van der Waals surface area contributed by atoms with Gasteiger partial charge in [0.2, 0.25) is 11.8 Å². The van der Waals surface area contributed by atoms with E-state index in [4.69, 9.17) is 4.98 Å². The Morgan fingerprint density at radius 1 is 1.00 bits per heavy atom. The van der Waals surface area contributed by atoms with Crippen LogP contribution in [0.5, 0.6) is 0 Å². The summed E-state index contributed by atoms with van der Waals surface area (Å²) in [5, 5.41) is 6.01. The molecule has 6 nitrogen and oxygen atoms in total. The largest absolute Gasteiger partial charge is 0.345 e. The molecule has 0 fully saturated rings. The first kappa shape index (κ1) is 19.1. The number of rotatable bonds is 5. The zero-order valence-corrected chi connectivity index (χ0v) is 16.8. The number of H-pyrrole nitrogens is 1. The number of nitrogens with zero attached hydrogens (tertiary/aromatic N) is 1. The quantitative estimate of drug-likeness (QED) is 0.463. The predicted molar refractivity (Wildman–Crippen MR) is 120 cm³/mol. The lowest BCUT2D eigenvalue weighted by atomic mass is 9.89. The van der Waals surface area contributed by atoms with Gasteiger partial charge in [-0.25, -0.2) is 4.98 Å². The fourth-order valence-electron chi connectivity index (χ4n) is 4.12. The van der Waals surface area contributed by atoms with Gasteiger partial charge in [0.1, 0.15) is 5.82 Å². The number of hydrogen-bond donors (Lipinski definition) is 3. The Kier molecular flexibility index (Phi) is 4.96. The van der Waals surface area contributed by atoms with Crippen LogP contribution in [0.25, 0.3) is 11.0 Å². The van der Waals surface area contributed by atoms with Crippen LogP contribution in [-0.4, -0.2) is 21.8 Å². The lowest BCUT2D eigenvalue weighted by Crippen LogP contribution is -2.38. The van der Waals surface area contributed by atoms with Crippen LogP contribution in [0.4, 0.5) is 5.69 Å². The lowest BCUT2D eigenvalue weighted by molar-refractivity contribution is -0.127. The summed E-state index contributed by atoms with van der Waals surface area (Å²) in [6, 6.07) is 24.9. The molecule has 1 aromatic heterocycles. The number of carbonyl (C=O) groups is 2. The number of anilines is 1. The van der Waals surface area contributed by atoms with Gasteiger partial charge in [-0.1, -0.05) is 60.7 Å². The number of para-hydroxylation sites is 3. The second kappa shape index (κ2) is 8.07. The molecule has 0 aliphatic carbocycles. The number of fused-ring (bicyclic) bond motifs is 2. The van der Waals surface area contributed by atoms with Crippen LogP contribution >= 0.6 is 0 Å². The van der Waals surface area contributed by atoms with E-state index in [1.54, 1.807) is 0 Å². The standard InChI is InChI=1S/C25H22N4O2/c30-23-15-18(17-10-4-5-11-19(17)26-23)25(31)29-22(14-16-8-2-1-3-9-16)24-27-20-12-6-7-13-21(20)28-24/h1-13,18,22H,14-15H2,(H,26,30)(H,27,28)(H,29,31)/t18-,22-/m0/s1. The third-order valence-corrected chi connectivity index (χ3v) is 5.65. The van der Waals surface area contributed by atoms with Crippen molar-refractivity contribution in [3.8, 4) is 0 Å². The van der Waals surface area contributed by atoms with Crippen molar-refractivity contribution < 1.29 is 9.59 Å². The van der Waals surface area contributed by atoms with Crippen molar-refractivity contribution >= 4 is 28.5 Å². The van der Waals surface area contributed by atoms with E-state index in [-0.39, 0.29) is 24.3 Å². The van der Waals surface area contributed by atoms with Crippen LogP contribution in [0.2, 0.25) is 0 Å². The Morgan fingerprint density at radius 3 is 2.58 bits per heavy atom. The first-order chi connectivity index (χ1) is 15.2. The molecule has 1 aliphatic rings. The molecular weight excluding hydrogens is 388 g/mol. The van der Waals surface area contributed by atoms with Crippen molar-refractivity contribution in [1.82, 2.24) is 15.3 Å². The second-order valence-corrected chi connectivity index (χ2v) is 7.78. The minimum Gasteiger partial charge on any atom is -0.345 e. The number of aromatic nitrogens is 2. The zero-order valence-electron chi connectivity index (χ0n) is 16.8. The molecule has 0 spiro atoms. The molecule has 2 heterocycles. The summed E-state index contributed by atoms with van der Waals surface area (Å²) in [7, 11) is 0. The highest BCUT2D eigenvalue weighted by Gasteiger charge is 2.32. The Morgan fingerprint density at radius 2 is 1.74 bits per heavy atom. The van der Waals surface area contributed by atoms with E-state index in [9.17, 15) is 9.59 Å². The topological polar surface area (TPSA) is 86.9 Å². The number of aromatic amines is 1. The average molecular weight is 410 g/mol. The summed E-state index contributed by atoms with van der Waals surface area (Å²) in [4.78, 5) is 33.6. The van der Waals surface area contributed by atoms with Gasteiger partial charge in [-0.3, -0.25) is 9.59 Å². The fourth-order valence-corrected chi connectivity index (χ4v) is 4.12. The van der Waals surface area contributed by atoms with Gasteiger partial charge in [-0.05, 0) is 35.7 Å². The molecule has 0 saturated carbocycles. The maximum Gasteiger partial charge on any atom is 0.228 e. The van der Waals surface area contributed by atoms with Crippen molar-refractivity contribution in [3.63, 3.8) is 0 Å². The molecule has 0 radical (unpaired) electrons. The molecule has 3 N–H and O–H groups in total. The zero-order chi connectivity index (χ0) is 21.2. The maximum absolute atomic E-state index is 13.4. The molecule has 0 bridgehead atoms. The average Bonchev–Trinajstić information content (AvgIpc) is 3.23. The molecule has 1 aliphatic heterocycles. The van der Waals surface area contributed by atoms with Crippen LogP contribution in [-0.2, 0) is 16.0 Å². The minimum atomic E-state index is -0.535. The van der Waals surface area contributed by atoms with E-state index in [1.807, 2.05) is 78.9 Å². The SMILES string of the molecule is O=C1C[C@H](C(=O)N[C@@H](Cc2ccccc2)c2nc3ccccc3[nH]2)c2ccccc2N1. The monoisotopic (exact) mass is 410 g/mol.